The van der Waals surface area contributed by atoms with E-state index in [1.54, 1.807) is 0 Å². The lowest BCUT2D eigenvalue weighted by Gasteiger charge is -2.15. The highest BCUT2D eigenvalue weighted by molar-refractivity contribution is 6.46. The zero-order valence-corrected chi connectivity index (χ0v) is 17.9. The van der Waals surface area contributed by atoms with Crippen molar-refractivity contribution in [1.82, 2.24) is 0 Å². The number of carbonyl (C=O) groups is 2. The highest BCUT2D eigenvalue weighted by Crippen LogP contribution is 2.35. The predicted octanol–water partition coefficient (Wildman–Crippen LogP) is 5.46. The van der Waals surface area contributed by atoms with Crippen LogP contribution in [0.2, 0.25) is 0 Å². The predicted molar refractivity (Wildman–Crippen MR) is 121 cm³/mol. The molecular weight excluding hydrogens is 391 g/mol. The van der Waals surface area contributed by atoms with Gasteiger partial charge in [-0.1, -0.05) is 29.8 Å². The van der Waals surface area contributed by atoms with E-state index in [1.165, 1.54) is 24.3 Å². The minimum Gasteiger partial charge on any atom is -0.350 e. The Bertz CT molecular complexity index is 1240. The molecule has 0 bridgehead atoms. The fraction of sp³-hybridized carbons (Fsp3) is 0.154. The Labute approximate surface area is 181 Å². The van der Waals surface area contributed by atoms with E-state index in [0.29, 0.717) is 16.8 Å². The lowest BCUT2D eigenvalue weighted by atomic mass is 9.97. The Morgan fingerprint density at radius 3 is 2.10 bits per heavy atom. The number of anilines is 2. The topological polar surface area (TPSA) is 49.4 Å². The fourth-order valence-corrected chi connectivity index (χ4v) is 3.78. The Morgan fingerprint density at radius 2 is 1.45 bits per heavy atom. The summed E-state index contributed by atoms with van der Waals surface area (Å²) in [6.45, 7) is 7.90. The molecule has 5 heteroatoms. The zero-order valence-electron chi connectivity index (χ0n) is 17.9. The van der Waals surface area contributed by atoms with Gasteiger partial charge in [-0.2, -0.15) is 0 Å². The van der Waals surface area contributed by atoms with Crippen molar-refractivity contribution < 1.29 is 14.0 Å². The van der Waals surface area contributed by atoms with Gasteiger partial charge in [-0.15, -0.1) is 0 Å². The largest absolute Gasteiger partial charge is 0.350 e. The van der Waals surface area contributed by atoms with Gasteiger partial charge in [0.05, 0.1) is 11.3 Å². The third-order valence-corrected chi connectivity index (χ3v) is 5.60. The average Bonchev–Trinajstić information content (AvgIpc) is 2.96. The molecule has 0 aromatic heterocycles. The van der Waals surface area contributed by atoms with E-state index in [0.717, 1.165) is 32.8 Å². The monoisotopic (exact) mass is 414 g/mol. The second-order valence-electron chi connectivity index (χ2n) is 7.91. The van der Waals surface area contributed by atoms with Crippen molar-refractivity contribution in [2.24, 2.45) is 0 Å². The number of benzene rings is 3. The number of hydrogen-bond acceptors (Lipinski definition) is 3. The van der Waals surface area contributed by atoms with Crippen LogP contribution in [0.5, 0.6) is 0 Å². The number of rotatable bonds is 4. The van der Waals surface area contributed by atoms with Gasteiger partial charge in [-0.05, 0) is 86.3 Å². The lowest BCUT2D eigenvalue weighted by Crippen LogP contribution is -2.32. The highest BCUT2D eigenvalue weighted by Gasteiger charge is 2.40. The Hall–Kier alpha value is -3.73. The first-order chi connectivity index (χ1) is 14.8. The number of amides is 2. The van der Waals surface area contributed by atoms with E-state index < -0.39 is 17.6 Å². The number of nitrogens with zero attached hydrogens (tertiary/aromatic N) is 1. The van der Waals surface area contributed by atoms with Crippen molar-refractivity contribution in [2.45, 2.75) is 27.7 Å². The normalized spacial score (nSPS) is 13.9. The van der Waals surface area contributed by atoms with Crippen molar-refractivity contribution in [3.8, 4) is 0 Å². The minimum atomic E-state index is -0.468. The Morgan fingerprint density at radius 1 is 0.742 bits per heavy atom. The molecule has 0 atom stereocenters. The van der Waals surface area contributed by atoms with Gasteiger partial charge in [0.25, 0.3) is 11.8 Å². The van der Waals surface area contributed by atoms with Gasteiger partial charge in [-0.25, -0.2) is 9.29 Å². The van der Waals surface area contributed by atoms with Gasteiger partial charge in [0.2, 0.25) is 0 Å². The molecule has 2 amide bonds. The molecule has 1 aliphatic heterocycles. The van der Waals surface area contributed by atoms with Crippen molar-refractivity contribution in [3.63, 3.8) is 0 Å². The van der Waals surface area contributed by atoms with Gasteiger partial charge in [0.1, 0.15) is 11.5 Å². The molecule has 1 aliphatic rings. The first-order valence-electron chi connectivity index (χ1n) is 10.1. The summed E-state index contributed by atoms with van der Waals surface area (Å²) < 4.78 is 13.4. The molecule has 0 saturated heterocycles. The highest BCUT2D eigenvalue weighted by atomic mass is 19.1. The van der Waals surface area contributed by atoms with Crippen molar-refractivity contribution in [1.29, 1.82) is 0 Å². The van der Waals surface area contributed by atoms with Crippen LogP contribution in [0.3, 0.4) is 0 Å². The summed E-state index contributed by atoms with van der Waals surface area (Å²) in [5.41, 5.74) is 6.45. The summed E-state index contributed by atoms with van der Waals surface area (Å²) in [5, 5.41) is 3.18. The van der Waals surface area contributed by atoms with Crippen LogP contribution in [0.1, 0.15) is 27.8 Å². The smallest absolute Gasteiger partial charge is 0.282 e. The van der Waals surface area contributed by atoms with E-state index in [2.05, 4.69) is 5.32 Å². The number of halogens is 1. The number of carbonyl (C=O) groups excluding carboxylic acids is 2. The van der Waals surface area contributed by atoms with Crippen LogP contribution in [0.25, 0.3) is 5.57 Å². The first kappa shape index (κ1) is 20.5. The summed E-state index contributed by atoms with van der Waals surface area (Å²) in [6, 6.07) is 16.9. The van der Waals surface area contributed by atoms with Crippen LogP contribution in [-0.4, -0.2) is 11.8 Å². The van der Waals surface area contributed by atoms with Gasteiger partial charge in [0, 0.05) is 5.69 Å². The second-order valence-corrected chi connectivity index (χ2v) is 7.91. The molecule has 4 nitrogen and oxygen atoms in total. The van der Waals surface area contributed by atoms with Crippen molar-refractivity contribution in [3.05, 3.63) is 100.0 Å². The molecule has 0 saturated carbocycles. The maximum atomic E-state index is 13.5. The molecule has 156 valence electrons. The van der Waals surface area contributed by atoms with Crippen molar-refractivity contribution >= 4 is 28.8 Å². The summed E-state index contributed by atoms with van der Waals surface area (Å²) in [5.74, 6) is -1.33. The molecule has 0 aliphatic carbocycles. The SMILES string of the molecule is Cc1ccc(C2=C(Nc3ccc(C)c(C)c3)C(=O)N(c3ccc(F)cc3)C2=O)c(C)c1. The van der Waals surface area contributed by atoms with E-state index >= 15 is 0 Å². The third-order valence-electron chi connectivity index (χ3n) is 5.60. The molecule has 1 N–H and O–H groups in total. The van der Waals surface area contributed by atoms with Crippen LogP contribution in [0.15, 0.2) is 66.4 Å². The van der Waals surface area contributed by atoms with Crippen LogP contribution in [0.4, 0.5) is 15.8 Å². The van der Waals surface area contributed by atoms with Crippen LogP contribution in [-0.2, 0) is 9.59 Å². The number of nitrogens with one attached hydrogen (secondary N) is 1. The van der Waals surface area contributed by atoms with Gasteiger partial charge >= 0.3 is 0 Å². The van der Waals surface area contributed by atoms with E-state index in [9.17, 15) is 14.0 Å². The molecule has 0 radical (unpaired) electrons. The summed E-state index contributed by atoms with van der Waals surface area (Å²) in [7, 11) is 0. The van der Waals surface area contributed by atoms with Crippen molar-refractivity contribution in [2.75, 3.05) is 10.2 Å². The van der Waals surface area contributed by atoms with E-state index in [-0.39, 0.29) is 5.70 Å². The number of imide groups is 1. The quantitative estimate of drug-likeness (QED) is 0.577. The average molecular weight is 414 g/mol. The van der Waals surface area contributed by atoms with Crippen LogP contribution in [0, 0.1) is 33.5 Å². The molecule has 31 heavy (non-hydrogen) atoms. The molecule has 3 aromatic rings. The first-order valence-corrected chi connectivity index (χ1v) is 10.1. The molecule has 0 spiro atoms. The summed E-state index contributed by atoms with van der Waals surface area (Å²) in [4.78, 5) is 28.0. The molecule has 0 unspecified atom stereocenters. The second kappa shape index (κ2) is 7.84. The molecule has 0 fully saturated rings. The zero-order chi connectivity index (χ0) is 22.3. The summed E-state index contributed by atoms with van der Waals surface area (Å²) in [6.07, 6.45) is 0. The van der Waals surface area contributed by atoms with Gasteiger partial charge in [-0.3, -0.25) is 9.59 Å². The Kier molecular flexibility index (Phi) is 5.19. The standard InChI is InChI=1S/C26H23FN2O2/c1-15-5-12-22(18(4)13-15)23-24(28-20-9-6-16(2)17(3)14-20)26(31)29(25(23)30)21-10-7-19(27)8-11-21/h5-14,28H,1-4H3. The van der Waals surface area contributed by atoms with E-state index in [1.807, 2.05) is 64.1 Å². The van der Waals surface area contributed by atoms with Crippen LogP contribution < -0.4 is 10.2 Å². The minimum absolute atomic E-state index is 0.213. The molecule has 4 rings (SSSR count). The maximum absolute atomic E-state index is 13.5. The molecular formula is C26H23FN2O2. The van der Waals surface area contributed by atoms with Gasteiger partial charge in [0.15, 0.2) is 0 Å². The van der Waals surface area contributed by atoms with Crippen LogP contribution >= 0.6 is 0 Å². The summed E-state index contributed by atoms with van der Waals surface area (Å²) >= 11 is 0. The fourth-order valence-electron chi connectivity index (χ4n) is 3.78. The number of aryl methyl sites for hydroxylation is 4. The maximum Gasteiger partial charge on any atom is 0.282 e. The van der Waals surface area contributed by atoms with Gasteiger partial charge < -0.3 is 5.32 Å². The Balaban J connectivity index is 1.85. The number of hydrogen-bond donors (Lipinski definition) is 1. The van der Waals surface area contributed by atoms with E-state index in [4.69, 9.17) is 0 Å². The molecule has 1 heterocycles. The lowest BCUT2D eigenvalue weighted by molar-refractivity contribution is -0.120. The molecule has 3 aromatic carbocycles. The third kappa shape index (κ3) is 3.75.